The molecular formula is C16H21N3O. The fraction of sp³-hybridized carbons (Fsp3) is 0.500. The fourth-order valence-corrected chi connectivity index (χ4v) is 3.13. The number of carbonyl (C=O) groups is 1. The standard InChI is InChI=1S/C16H21N3O/c1-10(2)19-11(3)18-14-9-12(6-7-15(14)19)16(20)13-5-4-8-17-13/h6-7,9-10,13,17H,4-5,8H2,1-3H3. The molecule has 4 heteroatoms. The van der Waals surface area contributed by atoms with Gasteiger partial charge in [0.05, 0.1) is 17.1 Å². The van der Waals surface area contributed by atoms with Crippen LogP contribution >= 0.6 is 0 Å². The van der Waals surface area contributed by atoms with Crippen LogP contribution in [0.25, 0.3) is 11.0 Å². The van der Waals surface area contributed by atoms with Crippen molar-refractivity contribution in [2.45, 2.75) is 45.7 Å². The molecule has 1 atom stereocenters. The third kappa shape index (κ3) is 2.14. The molecule has 0 bridgehead atoms. The number of rotatable bonds is 3. The summed E-state index contributed by atoms with van der Waals surface area (Å²) in [5, 5.41) is 3.26. The highest BCUT2D eigenvalue weighted by molar-refractivity contribution is 6.02. The Morgan fingerprint density at radius 3 is 2.90 bits per heavy atom. The van der Waals surface area contributed by atoms with Gasteiger partial charge in [-0.25, -0.2) is 4.98 Å². The molecule has 0 saturated carbocycles. The van der Waals surface area contributed by atoms with Crippen molar-refractivity contribution in [1.82, 2.24) is 14.9 Å². The van der Waals surface area contributed by atoms with Gasteiger partial charge in [0.1, 0.15) is 5.82 Å². The van der Waals surface area contributed by atoms with Crippen LogP contribution in [0, 0.1) is 6.92 Å². The van der Waals surface area contributed by atoms with Crippen molar-refractivity contribution in [3.05, 3.63) is 29.6 Å². The van der Waals surface area contributed by atoms with E-state index in [1.807, 2.05) is 25.1 Å². The summed E-state index contributed by atoms with van der Waals surface area (Å²) in [6.07, 6.45) is 2.02. The summed E-state index contributed by atoms with van der Waals surface area (Å²) in [5.74, 6) is 1.19. The van der Waals surface area contributed by atoms with Crippen LogP contribution in [0.4, 0.5) is 0 Å². The monoisotopic (exact) mass is 271 g/mol. The molecule has 1 aromatic carbocycles. The Balaban J connectivity index is 2.01. The molecule has 20 heavy (non-hydrogen) atoms. The largest absolute Gasteiger partial charge is 0.326 e. The highest BCUT2D eigenvalue weighted by Gasteiger charge is 2.23. The van der Waals surface area contributed by atoms with Gasteiger partial charge >= 0.3 is 0 Å². The van der Waals surface area contributed by atoms with Crippen molar-refractivity contribution in [3.63, 3.8) is 0 Å². The molecule has 2 aromatic rings. The SMILES string of the molecule is Cc1nc2cc(C(=O)C3CCCN3)ccc2n1C(C)C. The van der Waals surface area contributed by atoms with Crippen molar-refractivity contribution in [1.29, 1.82) is 0 Å². The summed E-state index contributed by atoms with van der Waals surface area (Å²) in [7, 11) is 0. The van der Waals surface area contributed by atoms with E-state index in [2.05, 4.69) is 28.7 Å². The Kier molecular flexibility index (Phi) is 3.34. The summed E-state index contributed by atoms with van der Waals surface area (Å²) in [6, 6.07) is 6.25. The first-order valence-electron chi connectivity index (χ1n) is 7.34. The minimum absolute atomic E-state index is 0.0132. The average Bonchev–Trinajstić information content (AvgIpc) is 3.02. The molecule has 2 heterocycles. The van der Waals surface area contributed by atoms with Gasteiger partial charge in [-0.2, -0.15) is 0 Å². The summed E-state index contributed by atoms with van der Waals surface area (Å²) >= 11 is 0. The van der Waals surface area contributed by atoms with E-state index in [4.69, 9.17) is 0 Å². The predicted molar refractivity (Wildman–Crippen MR) is 80.2 cm³/mol. The average molecular weight is 271 g/mol. The number of nitrogens with zero attached hydrogens (tertiary/aromatic N) is 2. The second-order valence-electron chi connectivity index (χ2n) is 5.84. The predicted octanol–water partition coefficient (Wildman–Crippen LogP) is 2.86. The van der Waals surface area contributed by atoms with E-state index in [1.54, 1.807) is 0 Å². The number of aromatic nitrogens is 2. The lowest BCUT2D eigenvalue weighted by Gasteiger charge is -2.11. The first-order chi connectivity index (χ1) is 9.58. The normalized spacial score (nSPS) is 19.1. The zero-order valence-electron chi connectivity index (χ0n) is 12.3. The van der Waals surface area contributed by atoms with E-state index in [1.165, 1.54) is 0 Å². The lowest BCUT2D eigenvalue weighted by Crippen LogP contribution is -2.30. The number of imidazole rings is 1. The minimum Gasteiger partial charge on any atom is -0.326 e. The molecule has 1 saturated heterocycles. The van der Waals surface area contributed by atoms with Crippen molar-refractivity contribution >= 4 is 16.8 Å². The van der Waals surface area contributed by atoms with Crippen molar-refractivity contribution in [3.8, 4) is 0 Å². The zero-order valence-corrected chi connectivity index (χ0v) is 12.3. The highest BCUT2D eigenvalue weighted by Crippen LogP contribution is 2.23. The van der Waals surface area contributed by atoms with Crippen LogP contribution in [-0.2, 0) is 0 Å². The molecule has 1 aliphatic rings. The molecule has 4 nitrogen and oxygen atoms in total. The number of benzene rings is 1. The molecule has 1 fully saturated rings. The van der Waals surface area contributed by atoms with Crippen LogP contribution in [0.1, 0.15) is 48.9 Å². The van der Waals surface area contributed by atoms with Gasteiger partial charge < -0.3 is 9.88 Å². The Labute approximate surface area is 119 Å². The summed E-state index contributed by atoms with van der Waals surface area (Å²) < 4.78 is 2.21. The van der Waals surface area contributed by atoms with E-state index in [9.17, 15) is 4.79 Å². The lowest BCUT2D eigenvalue weighted by molar-refractivity contribution is 0.0952. The van der Waals surface area contributed by atoms with Gasteiger partial charge in [0.25, 0.3) is 0 Å². The Bertz CT molecular complexity index is 651. The number of aryl methyl sites for hydroxylation is 1. The molecule has 1 N–H and O–H groups in total. The first-order valence-corrected chi connectivity index (χ1v) is 7.34. The maximum atomic E-state index is 12.4. The van der Waals surface area contributed by atoms with Gasteiger partial charge in [0, 0.05) is 11.6 Å². The van der Waals surface area contributed by atoms with Crippen LogP contribution in [0.15, 0.2) is 18.2 Å². The van der Waals surface area contributed by atoms with Crippen LogP contribution < -0.4 is 5.32 Å². The van der Waals surface area contributed by atoms with Gasteiger partial charge in [-0.1, -0.05) is 0 Å². The highest BCUT2D eigenvalue weighted by atomic mass is 16.1. The van der Waals surface area contributed by atoms with E-state index in [-0.39, 0.29) is 11.8 Å². The molecule has 3 rings (SSSR count). The smallest absolute Gasteiger partial charge is 0.179 e. The molecule has 0 spiro atoms. The number of Topliss-reactive ketones (excluding diaryl/α,β-unsaturated/α-hetero) is 1. The summed E-state index contributed by atoms with van der Waals surface area (Å²) in [6.45, 7) is 7.25. The van der Waals surface area contributed by atoms with Crippen molar-refractivity contribution < 1.29 is 4.79 Å². The van der Waals surface area contributed by atoms with Gasteiger partial charge in [-0.3, -0.25) is 4.79 Å². The summed E-state index contributed by atoms with van der Waals surface area (Å²) in [5.41, 5.74) is 2.79. The quantitative estimate of drug-likeness (QED) is 0.873. The van der Waals surface area contributed by atoms with E-state index in [0.29, 0.717) is 6.04 Å². The van der Waals surface area contributed by atoms with Gasteiger partial charge in [-0.05, 0) is 58.4 Å². The summed E-state index contributed by atoms with van der Waals surface area (Å²) in [4.78, 5) is 17.0. The Hall–Kier alpha value is -1.68. The third-order valence-corrected chi connectivity index (χ3v) is 4.04. The van der Waals surface area contributed by atoms with Gasteiger partial charge in [0.15, 0.2) is 5.78 Å². The van der Waals surface area contributed by atoms with E-state index >= 15 is 0 Å². The molecular weight excluding hydrogens is 250 g/mol. The number of ketones is 1. The molecule has 1 aliphatic heterocycles. The molecule has 1 aromatic heterocycles. The van der Waals surface area contributed by atoms with E-state index in [0.717, 1.165) is 41.8 Å². The first kappa shape index (κ1) is 13.3. The number of hydrogen-bond donors (Lipinski definition) is 1. The van der Waals surface area contributed by atoms with Gasteiger partial charge in [0.2, 0.25) is 0 Å². The second-order valence-corrected chi connectivity index (χ2v) is 5.84. The van der Waals surface area contributed by atoms with Crippen LogP contribution in [0.3, 0.4) is 0 Å². The number of carbonyl (C=O) groups excluding carboxylic acids is 1. The minimum atomic E-state index is -0.0132. The third-order valence-electron chi connectivity index (χ3n) is 4.04. The van der Waals surface area contributed by atoms with Crippen molar-refractivity contribution in [2.24, 2.45) is 0 Å². The topological polar surface area (TPSA) is 46.9 Å². The molecule has 0 amide bonds. The molecule has 106 valence electrons. The molecule has 0 aliphatic carbocycles. The lowest BCUT2D eigenvalue weighted by atomic mass is 10.0. The number of fused-ring (bicyclic) bond motifs is 1. The Morgan fingerprint density at radius 1 is 1.45 bits per heavy atom. The molecule has 1 unspecified atom stereocenters. The van der Waals surface area contributed by atoms with Crippen LogP contribution in [-0.4, -0.2) is 27.9 Å². The second kappa shape index (κ2) is 5.02. The van der Waals surface area contributed by atoms with E-state index < -0.39 is 0 Å². The van der Waals surface area contributed by atoms with Crippen LogP contribution in [0.2, 0.25) is 0 Å². The zero-order chi connectivity index (χ0) is 14.3. The van der Waals surface area contributed by atoms with Crippen molar-refractivity contribution in [2.75, 3.05) is 6.54 Å². The maximum Gasteiger partial charge on any atom is 0.179 e. The Morgan fingerprint density at radius 2 is 2.25 bits per heavy atom. The molecule has 0 radical (unpaired) electrons. The van der Waals surface area contributed by atoms with Gasteiger partial charge in [-0.15, -0.1) is 0 Å². The van der Waals surface area contributed by atoms with Crippen LogP contribution in [0.5, 0.6) is 0 Å². The fourth-order valence-electron chi connectivity index (χ4n) is 3.13. The number of hydrogen-bond acceptors (Lipinski definition) is 3. The number of nitrogens with one attached hydrogen (secondary N) is 1. The maximum absolute atomic E-state index is 12.4.